The highest BCUT2D eigenvalue weighted by Crippen LogP contribution is 2.35. The first-order valence-electron chi connectivity index (χ1n) is 10.1. The minimum absolute atomic E-state index is 0.237. The fourth-order valence-electron chi connectivity index (χ4n) is 4.10. The van der Waals surface area contributed by atoms with Crippen molar-refractivity contribution in [3.8, 4) is 16.9 Å². The highest BCUT2D eigenvalue weighted by Gasteiger charge is 2.17. The zero-order valence-corrected chi connectivity index (χ0v) is 16.7. The highest BCUT2D eigenvalue weighted by molar-refractivity contribution is 5.92. The Morgan fingerprint density at radius 3 is 2.86 bits per heavy atom. The van der Waals surface area contributed by atoms with Crippen LogP contribution in [-0.4, -0.2) is 27.7 Å². The Kier molecular flexibility index (Phi) is 4.36. The average Bonchev–Trinajstić information content (AvgIpc) is 3.06. The first-order valence-corrected chi connectivity index (χ1v) is 10.1. The summed E-state index contributed by atoms with van der Waals surface area (Å²) in [6, 6.07) is 15.1. The number of aryl methyl sites for hydroxylation is 1. The van der Waals surface area contributed by atoms with Crippen LogP contribution in [0.2, 0.25) is 0 Å². The lowest BCUT2D eigenvalue weighted by Crippen LogP contribution is -2.34. The summed E-state index contributed by atoms with van der Waals surface area (Å²) in [5.74, 6) is 0.792. The fourth-order valence-corrected chi connectivity index (χ4v) is 4.10. The van der Waals surface area contributed by atoms with Crippen LogP contribution in [0, 0.1) is 6.92 Å². The number of benzene rings is 2. The van der Waals surface area contributed by atoms with Gasteiger partial charge >= 0.3 is 5.69 Å². The van der Waals surface area contributed by atoms with Gasteiger partial charge in [-0.15, -0.1) is 0 Å². The van der Waals surface area contributed by atoms with E-state index in [0.29, 0.717) is 11.7 Å². The van der Waals surface area contributed by atoms with Crippen LogP contribution in [0.4, 0.5) is 0 Å². The minimum atomic E-state index is -0.237. The number of hydrogen-bond donors (Lipinski definition) is 2. The molecule has 1 fully saturated rings. The smallest absolute Gasteiger partial charge is 0.348 e. The summed E-state index contributed by atoms with van der Waals surface area (Å²) in [5.41, 5.74) is 5.54. The zero-order chi connectivity index (χ0) is 20.0. The summed E-state index contributed by atoms with van der Waals surface area (Å²) in [7, 11) is 1.69. The summed E-state index contributed by atoms with van der Waals surface area (Å²) in [6.07, 6.45) is 3.87. The molecule has 0 aliphatic heterocycles. The number of aromatic amines is 1. The third-order valence-electron chi connectivity index (χ3n) is 5.97. The van der Waals surface area contributed by atoms with Gasteiger partial charge in [0.1, 0.15) is 5.75 Å². The molecule has 6 nitrogen and oxygen atoms in total. The fraction of sp³-hybridized carbons (Fsp3) is 0.304. The largest absolute Gasteiger partial charge is 0.496 e. The Bertz CT molecular complexity index is 1270. The number of methoxy groups -OCH3 is 1. The predicted octanol–water partition coefficient (Wildman–Crippen LogP) is 3.80. The maximum Gasteiger partial charge on any atom is 0.348 e. The minimum Gasteiger partial charge on any atom is -0.496 e. The zero-order valence-electron chi connectivity index (χ0n) is 16.7. The van der Waals surface area contributed by atoms with E-state index in [4.69, 9.17) is 4.74 Å². The molecule has 1 aliphatic rings. The van der Waals surface area contributed by atoms with Gasteiger partial charge in [-0.2, -0.15) is 5.10 Å². The quantitative estimate of drug-likeness (QED) is 0.545. The van der Waals surface area contributed by atoms with Crippen LogP contribution in [-0.2, 0) is 6.54 Å². The SMILES string of the molecule is COc1cc2c(C)cc3n[nH]c(=O)n3c2cc1-c1cccc(CNC2CCC2)c1. The molecule has 0 saturated heterocycles. The molecule has 0 amide bonds. The van der Waals surface area contributed by atoms with Crippen molar-refractivity contribution >= 4 is 16.6 Å². The molecule has 29 heavy (non-hydrogen) atoms. The maximum absolute atomic E-state index is 12.3. The van der Waals surface area contributed by atoms with Crippen LogP contribution in [0.15, 0.2) is 47.3 Å². The molecule has 2 N–H and O–H groups in total. The third kappa shape index (κ3) is 3.09. The molecule has 0 unspecified atom stereocenters. The number of nitrogens with zero attached hydrogens (tertiary/aromatic N) is 2. The van der Waals surface area contributed by atoms with Gasteiger partial charge < -0.3 is 10.1 Å². The maximum atomic E-state index is 12.3. The van der Waals surface area contributed by atoms with Crippen LogP contribution >= 0.6 is 0 Å². The van der Waals surface area contributed by atoms with E-state index in [1.165, 1.54) is 24.8 Å². The first kappa shape index (κ1) is 17.9. The summed E-state index contributed by atoms with van der Waals surface area (Å²) in [4.78, 5) is 12.3. The Balaban J connectivity index is 1.64. The lowest BCUT2D eigenvalue weighted by molar-refractivity contribution is 0.338. The molecule has 2 heterocycles. The molecular formula is C23H24N4O2. The number of hydrogen-bond acceptors (Lipinski definition) is 4. The molecule has 0 spiro atoms. The molecule has 4 aromatic rings. The van der Waals surface area contributed by atoms with Gasteiger partial charge in [0, 0.05) is 23.5 Å². The summed E-state index contributed by atoms with van der Waals surface area (Å²) >= 11 is 0. The van der Waals surface area contributed by atoms with Gasteiger partial charge in [0.05, 0.1) is 12.6 Å². The van der Waals surface area contributed by atoms with E-state index in [1.54, 1.807) is 11.5 Å². The van der Waals surface area contributed by atoms with Crippen LogP contribution in [0.25, 0.3) is 27.7 Å². The molecule has 0 bridgehead atoms. The van der Waals surface area contributed by atoms with Crippen molar-refractivity contribution in [3.63, 3.8) is 0 Å². The van der Waals surface area contributed by atoms with Gasteiger partial charge in [-0.1, -0.05) is 24.6 Å². The van der Waals surface area contributed by atoms with Crippen LogP contribution in [0.1, 0.15) is 30.4 Å². The molecule has 2 aromatic heterocycles. The van der Waals surface area contributed by atoms with Gasteiger partial charge in [0.2, 0.25) is 0 Å². The van der Waals surface area contributed by atoms with Crippen molar-refractivity contribution in [1.82, 2.24) is 19.9 Å². The normalized spacial score (nSPS) is 14.4. The molecule has 148 valence electrons. The van der Waals surface area contributed by atoms with Gasteiger partial charge in [-0.3, -0.25) is 0 Å². The van der Waals surface area contributed by atoms with E-state index in [9.17, 15) is 4.79 Å². The van der Waals surface area contributed by atoms with Crippen molar-refractivity contribution < 1.29 is 4.74 Å². The number of pyridine rings is 1. The van der Waals surface area contributed by atoms with E-state index >= 15 is 0 Å². The number of fused-ring (bicyclic) bond motifs is 3. The van der Waals surface area contributed by atoms with E-state index in [2.05, 4.69) is 39.8 Å². The molecule has 6 heteroatoms. The summed E-state index contributed by atoms with van der Waals surface area (Å²) in [5, 5.41) is 11.3. The van der Waals surface area contributed by atoms with E-state index in [0.717, 1.165) is 39.9 Å². The van der Waals surface area contributed by atoms with Gasteiger partial charge in [0.15, 0.2) is 5.65 Å². The number of aromatic nitrogens is 3. The molecule has 0 atom stereocenters. The van der Waals surface area contributed by atoms with Crippen LogP contribution in [0.5, 0.6) is 5.75 Å². The lowest BCUT2D eigenvalue weighted by Gasteiger charge is -2.26. The Morgan fingerprint density at radius 2 is 2.10 bits per heavy atom. The number of H-pyrrole nitrogens is 1. The van der Waals surface area contributed by atoms with Crippen LogP contribution < -0.4 is 15.7 Å². The Morgan fingerprint density at radius 1 is 1.24 bits per heavy atom. The molecule has 2 aromatic carbocycles. The number of rotatable bonds is 5. The van der Waals surface area contributed by atoms with E-state index < -0.39 is 0 Å². The van der Waals surface area contributed by atoms with Crippen molar-refractivity contribution in [2.45, 2.75) is 38.8 Å². The second-order valence-electron chi connectivity index (χ2n) is 7.83. The average molecular weight is 388 g/mol. The van der Waals surface area contributed by atoms with Crippen molar-refractivity contribution in [1.29, 1.82) is 0 Å². The standard InChI is InChI=1S/C23H24N4O2/c1-14-9-22-25-26-23(28)27(22)20-11-19(21(29-2)12-18(14)20)16-6-3-5-15(10-16)13-24-17-7-4-8-17/h3,5-6,9-12,17,24H,4,7-8,13H2,1-2H3,(H,26,28). The summed E-state index contributed by atoms with van der Waals surface area (Å²) < 4.78 is 7.34. The molecule has 1 saturated carbocycles. The lowest BCUT2D eigenvalue weighted by atomic mass is 9.93. The predicted molar refractivity (Wildman–Crippen MR) is 115 cm³/mol. The molecular weight excluding hydrogens is 364 g/mol. The van der Waals surface area contributed by atoms with Crippen molar-refractivity contribution in [2.75, 3.05) is 7.11 Å². The summed E-state index contributed by atoms with van der Waals surface area (Å²) in [6.45, 7) is 2.88. The number of nitrogens with one attached hydrogen (secondary N) is 2. The Labute approximate surface area is 168 Å². The molecule has 5 rings (SSSR count). The van der Waals surface area contributed by atoms with Gasteiger partial charge in [-0.05, 0) is 60.7 Å². The topological polar surface area (TPSA) is 71.4 Å². The molecule has 1 aliphatic carbocycles. The van der Waals surface area contributed by atoms with Gasteiger partial charge in [0.25, 0.3) is 0 Å². The molecule has 0 radical (unpaired) electrons. The highest BCUT2D eigenvalue weighted by atomic mass is 16.5. The number of ether oxygens (including phenoxy) is 1. The van der Waals surface area contributed by atoms with Gasteiger partial charge in [-0.25, -0.2) is 14.3 Å². The first-order chi connectivity index (χ1) is 14.1. The van der Waals surface area contributed by atoms with E-state index in [1.807, 2.05) is 25.1 Å². The van der Waals surface area contributed by atoms with Crippen molar-refractivity contribution in [3.05, 3.63) is 64.1 Å². The third-order valence-corrected chi connectivity index (χ3v) is 5.97. The van der Waals surface area contributed by atoms with Crippen LogP contribution in [0.3, 0.4) is 0 Å². The van der Waals surface area contributed by atoms with Crippen molar-refractivity contribution in [2.24, 2.45) is 0 Å². The second kappa shape index (κ2) is 7.04. The monoisotopic (exact) mass is 388 g/mol. The second-order valence-corrected chi connectivity index (χ2v) is 7.83. The Hall–Kier alpha value is -3.12. The van der Waals surface area contributed by atoms with E-state index in [-0.39, 0.29) is 5.69 Å².